The maximum Gasteiger partial charge on any atom is 0.160 e. The molecule has 0 spiro atoms. The molecule has 0 radical (unpaired) electrons. The third-order valence-electron chi connectivity index (χ3n) is 12.0. The van der Waals surface area contributed by atoms with Gasteiger partial charge < -0.3 is 4.42 Å². The van der Waals surface area contributed by atoms with Gasteiger partial charge in [-0.2, -0.15) is 5.26 Å². The van der Waals surface area contributed by atoms with Crippen molar-refractivity contribution in [3.8, 4) is 84.5 Å². The Bertz CT molecular complexity index is 3340. The third-order valence-corrected chi connectivity index (χ3v) is 12.0. The monoisotopic (exact) mass is 768 g/mol. The van der Waals surface area contributed by atoms with Crippen LogP contribution in [0, 0.1) is 11.3 Å². The Hall–Kier alpha value is -7.94. The summed E-state index contributed by atoms with van der Waals surface area (Å²) in [6.45, 7) is 4.50. The van der Waals surface area contributed by atoms with E-state index in [9.17, 15) is 5.26 Å². The van der Waals surface area contributed by atoms with Crippen LogP contribution in [0.3, 0.4) is 0 Å². The van der Waals surface area contributed by atoms with Gasteiger partial charge in [-0.05, 0) is 111 Å². The maximum atomic E-state index is 9.73. The highest BCUT2D eigenvalue weighted by atomic mass is 16.3. The van der Waals surface area contributed by atoms with Crippen molar-refractivity contribution < 1.29 is 4.42 Å². The van der Waals surface area contributed by atoms with Crippen molar-refractivity contribution in [1.82, 2.24) is 15.0 Å². The molecule has 3 aromatic heterocycles. The van der Waals surface area contributed by atoms with Crippen molar-refractivity contribution in [3.63, 3.8) is 0 Å². The Balaban J connectivity index is 1.10. The van der Waals surface area contributed by atoms with Gasteiger partial charge in [0.1, 0.15) is 11.1 Å². The second-order valence-corrected chi connectivity index (χ2v) is 16.0. The Morgan fingerprint density at radius 1 is 0.467 bits per heavy atom. The Labute approximate surface area is 347 Å². The van der Waals surface area contributed by atoms with E-state index in [1.165, 1.54) is 27.8 Å². The van der Waals surface area contributed by atoms with Crippen LogP contribution in [-0.2, 0) is 5.41 Å². The predicted molar refractivity (Wildman–Crippen MR) is 242 cm³/mol. The van der Waals surface area contributed by atoms with E-state index in [-0.39, 0.29) is 5.41 Å². The zero-order chi connectivity index (χ0) is 40.4. The number of pyridine rings is 1. The number of aromatic nitrogens is 3. The number of rotatable bonds is 6. The molecule has 0 atom stereocenters. The highest BCUT2D eigenvalue weighted by Gasteiger charge is 2.36. The minimum atomic E-state index is -0.285. The van der Waals surface area contributed by atoms with E-state index in [2.05, 4.69) is 135 Å². The fraction of sp³-hybridized carbons (Fsp3) is 0.0545. The molecular formula is C55H36N4O. The molecule has 1 aliphatic carbocycles. The van der Waals surface area contributed by atoms with Crippen molar-refractivity contribution in [2.24, 2.45) is 0 Å². The second-order valence-electron chi connectivity index (χ2n) is 16.0. The lowest BCUT2D eigenvalue weighted by Gasteiger charge is -2.22. The Kier molecular flexibility index (Phi) is 8.14. The number of hydrogen-bond donors (Lipinski definition) is 0. The molecule has 11 rings (SSSR count). The quantitative estimate of drug-likeness (QED) is 0.168. The number of benzene rings is 7. The molecule has 3 heterocycles. The number of furan rings is 1. The van der Waals surface area contributed by atoms with Crippen LogP contribution in [-0.4, -0.2) is 15.0 Å². The Morgan fingerprint density at radius 3 is 1.80 bits per heavy atom. The van der Waals surface area contributed by atoms with Gasteiger partial charge in [-0.1, -0.05) is 129 Å². The number of para-hydroxylation sites is 1. The molecule has 0 saturated carbocycles. The van der Waals surface area contributed by atoms with Crippen molar-refractivity contribution in [2.45, 2.75) is 19.3 Å². The summed E-state index contributed by atoms with van der Waals surface area (Å²) in [5, 5.41) is 10.7. The molecular weight excluding hydrogens is 733 g/mol. The van der Waals surface area contributed by atoms with Crippen LogP contribution in [0.5, 0.6) is 0 Å². The van der Waals surface area contributed by atoms with Crippen molar-refractivity contribution in [1.29, 1.82) is 5.26 Å². The van der Waals surface area contributed by atoms with E-state index in [0.29, 0.717) is 11.4 Å². The molecule has 0 N–H and O–H groups in total. The summed E-state index contributed by atoms with van der Waals surface area (Å²) < 4.78 is 6.33. The molecule has 0 saturated heterocycles. The molecule has 1 aliphatic rings. The lowest BCUT2D eigenvalue weighted by Crippen LogP contribution is -2.15. The highest BCUT2D eigenvalue weighted by Crippen LogP contribution is 2.50. The minimum absolute atomic E-state index is 0.285. The van der Waals surface area contributed by atoms with Gasteiger partial charge in [-0.15, -0.1) is 0 Å². The molecule has 282 valence electrons. The number of nitrogens with zero attached hydrogens (tertiary/aromatic N) is 4. The first-order chi connectivity index (χ1) is 29.4. The molecule has 5 heteroatoms. The van der Waals surface area contributed by atoms with Crippen LogP contribution in [0.1, 0.15) is 30.5 Å². The average molecular weight is 769 g/mol. The smallest absolute Gasteiger partial charge is 0.160 e. The lowest BCUT2D eigenvalue weighted by molar-refractivity contribution is 0.660. The first kappa shape index (κ1) is 35.2. The third kappa shape index (κ3) is 5.97. The normalized spacial score (nSPS) is 12.6. The molecule has 0 amide bonds. The number of fused-ring (bicyclic) bond motifs is 6. The summed E-state index contributed by atoms with van der Waals surface area (Å²) in [6.07, 6.45) is 1.94. The summed E-state index contributed by atoms with van der Waals surface area (Å²) in [4.78, 5) is 15.4. The van der Waals surface area contributed by atoms with Crippen LogP contribution < -0.4 is 0 Å². The standard InChI is InChI=1S/C55H36N4O/c1-55(2)47-25-34(32-56)17-23-44(47)45-24-22-39(29-48(45)55)40-26-41(43-30-52-53(57-33-43)46-15-9-10-16-51(46)60-52)28-42(27-40)50-31-49(58-54(59-50)38-13-7-4-8-14-38)37-20-18-36(19-21-37)35-11-5-3-6-12-35/h3-31,33H,1-2H3. The van der Waals surface area contributed by atoms with Gasteiger partial charge in [-0.25, -0.2) is 9.97 Å². The zero-order valence-electron chi connectivity index (χ0n) is 33.0. The van der Waals surface area contributed by atoms with Gasteiger partial charge in [0.2, 0.25) is 0 Å². The molecule has 5 nitrogen and oxygen atoms in total. The molecule has 10 aromatic rings. The van der Waals surface area contributed by atoms with E-state index in [4.69, 9.17) is 19.4 Å². The predicted octanol–water partition coefficient (Wildman–Crippen LogP) is 14.0. The van der Waals surface area contributed by atoms with E-state index in [1.54, 1.807) is 0 Å². The van der Waals surface area contributed by atoms with Crippen LogP contribution >= 0.6 is 0 Å². The highest BCUT2D eigenvalue weighted by molar-refractivity contribution is 6.03. The fourth-order valence-corrected chi connectivity index (χ4v) is 8.77. The first-order valence-corrected chi connectivity index (χ1v) is 20.1. The van der Waals surface area contributed by atoms with Crippen LogP contribution in [0.2, 0.25) is 0 Å². The summed E-state index contributed by atoms with van der Waals surface area (Å²) in [5.41, 5.74) is 18.5. The van der Waals surface area contributed by atoms with Crippen LogP contribution in [0.25, 0.3) is 100 Å². The van der Waals surface area contributed by atoms with E-state index in [0.717, 1.165) is 78.0 Å². The van der Waals surface area contributed by atoms with Crippen molar-refractivity contribution in [3.05, 3.63) is 199 Å². The maximum absolute atomic E-state index is 9.73. The van der Waals surface area contributed by atoms with E-state index >= 15 is 0 Å². The summed E-state index contributed by atoms with van der Waals surface area (Å²) in [6, 6.07) is 63.2. The van der Waals surface area contributed by atoms with Crippen molar-refractivity contribution >= 4 is 22.1 Å². The Morgan fingerprint density at radius 2 is 1.05 bits per heavy atom. The largest absolute Gasteiger partial charge is 0.454 e. The molecule has 7 aromatic carbocycles. The molecule has 0 aliphatic heterocycles. The second kappa shape index (κ2) is 13.9. The van der Waals surface area contributed by atoms with Gasteiger partial charge in [0.05, 0.1) is 23.0 Å². The van der Waals surface area contributed by atoms with Gasteiger partial charge in [-0.3, -0.25) is 4.98 Å². The van der Waals surface area contributed by atoms with E-state index in [1.807, 2.05) is 66.9 Å². The molecule has 0 fully saturated rings. The first-order valence-electron chi connectivity index (χ1n) is 20.1. The number of nitriles is 1. The van der Waals surface area contributed by atoms with Gasteiger partial charge >= 0.3 is 0 Å². The lowest BCUT2D eigenvalue weighted by atomic mass is 9.81. The molecule has 0 bridgehead atoms. The molecule has 0 unspecified atom stereocenters. The minimum Gasteiger partial charge on any atom is -0.454 e. The molecule has 60 heavy (non-hydrogen) atoms. The summed E-state index contributed by atoms with van der Waals surface area (Å²) in [7, 11) is 0. The topological polar surface area (TPSA) is 75.6 Å². The van der Waals surface area contributed by atoms with E-state index < -0.39 is 0 Å². The summed E-state index contributed by atoms with van der Waals surface area (Å²) in [5.74, 6) is 0.654. The average Bonchev–Trinajstić information content (AvgIpc) is 3.79. The van der Waals surface area contributed by atoms with Gasteiger partial charge in [0.15, 0.2) is 11.4 Å². The zero-order valence-corrected chi connectivity index (χ0v) is 33.0. The number of hydrogen-bond acceptors (Lipinski definition) is 5. The fourth-order valence-electron chi connectivity index (χ4n) is 8.77. The van der Waals surface area contributed by atoms with Crippen LogP contribution in [0.4, 0.5) is 0 Å². The van der Waals surface area contributed by atoms with Crippen molar-refractivity contribution in [2.75, 3.05) is 0 Å². The van der Waals surface area contributed by atoms with Crippen LogP contribution in [0.15, 0.2) is 187 Å². The van der Waals surface area contributed by atoms with Gasteiger partial charge in [0.25, 0.3) is 0 Å². The van der Waals surface area contributed by atoms with Gasteiger partial charge in [0, 0.05) is 39.3 Å². The summed E-state index contributed by atoms with van der Waals surface area (Å²) >= 11 is 0. The SMILES string of the molecule is CC1(C)c2cc(C#N)ccc2-c2ccc(-c3cc(-c4cnc5c(c4)oc4ccccc45)cc(-c4cc(-c5ccc(-c6ccccc6)cc5)nc(-c5ccccc5)n4)c3)cc21.